The summed E-state index contributed by atoms with van der Waals surface area (Å²) in [7, 11) is 3.79. The van der Waals surface area contributed by atoms with E-state index in [9.17, 15) is 9.59 Å². The molecular weight excluding hydrogens is 168 g/mol. The van der Waals surface area contributed by atoms with E-state index in [-0.39, 0.29) is 17.9 Å². The Morgan fingerprint density at radius 2 is 2.08 bits per heavy atom. The fourth-order valence-electron chi connectivity index (χ4n) is 1.54. The molecule has 1 aliphatic rings. The van der Waals surface area contributed by atoms with Crippen molar-refractivity contribution in [2.45, 2.75) is 19.4 Å². The minimum Gasteiger partial charge on any atom is -0.302 e. The van der Waals surface area contributed by atoms with E-state index >= 15 is 0 Å². The second-order valence-corrected chi connectivity index (χ2v) is 3.31. The Balaban J connectivity index is 2.86. The van der Waals surface area contributed by atoms with E-state index in [0.717, 1.165) is 6.42 Å². The molecular formula is C9H14N2O2. The summed E-state index contributed by atoms with van der Waals surface area (Å²) in [6.07, 6.45) is 2.20. The molecule has 1 unspecified atom stereocenters. The summed E-state index contributed by atoms with van der Waals surface area (Å²) >= 11 is 0. The van der Waals surface area contributed by atoms with Gasteiger partial charge >= 0.3 is 0 Å². The summed E-state index contributed by atoms with van der Waals surface area (Å²) < 4.78 is 0. The van der Waals surface area contributed by atoms with Crippen molar-refractivity contribution < 1.29 is 9.59 Å². The number of amides is 2. The van der Waals surface area contributed by atoms with Crippen LogP contribution >= 0.6 is 0 Å². The van der Waals surface area contributed by atoms with Gasteiger partial charge in [-0.3, -0.25) is 14.9 Å². The Bertz CT molecular complexity index is 269. The molecule has 1 heterocycles. The lowest BCUT2D eigenvalue weighted by molar-refractivity contribution is -0.124. The molecule has 0 aromatic rings. The highest BCUT2D eigenvalue weighted by molar-refractivity contribution is 6.16. The van der Waals surface area contributed by atoms with Gasteiger partial charge in [-0.05, 0) is 20.5 Å². The van der Waals surface area contributed by atoms with Crippen LogP contribution in [0.25, 0.3) is 0 Å². The van der Waals surface area contributed by atoms with Crippen LogP contribution in [0.15, 0.2) is 11.6 Å². The predicted octanol–water partition coefficient (Wildman–Crippen LogP) is -0.0906. The highest BCUT2D eigenvalue weighted by Crippen LogP contribution is 2.14. The van der Waals surface area contributed by atoms with Crippen LogP contribution in [-0.2, 0) is 9.59 Å². The van der Waals surface area contributed by atoms with Crippen molar-refractivity contribution in [3.63, 3.8) is 0 Å². The first-order valence-corrected chi connectivity index (χ1v) is 4.29. The molecule has 0 saturated heterocycles. The zero-order chi connectivity index (χ0) is 10.0. The maximum atomic E-state index is 11.3. The maximum Gasteiger partial charge on any atom is 0.255 e. The first-order chi connectivity index (χ1) is 6.06. The lowest BCUT2D eigenvalue weighted by Gasteiger charge is -2.22. The van der Waals surface area contributed by atoms with E-state index in [1.165, 1.54) is 6.08 Å². The molecule has 1 aliphatic heterocycles. The van der Waals surface area contributed by atoms with E-state index in [0.29, 0.717) is 5.57 Å². The molecule has 0 bridgehead atoms. The molecule has 4 heteroatoms. The van der Waals surface area contributed by atoms with Gasteiger partial charge in [0.15, 0.2) is 0 Å². The Kier molecular flexibility index (Phi) is 2.83. The largest absolute Gasteiger partial charge is 0.302 e. The molecule has 0 aromatic carbocycles. The van der Waals surface area contributed by atoms with E-state index in [1.54, 1.807) is 0 Å². The number of hydrogen-bond donors (Lipinski definition) is 1. The van der Waals surface area contributed by atoms with Crippen molar-refractivity contribution in [3.05, 3.63) is 11.6 Å². The number of carbonyl (C=O) groups is 2. The van der Waals surface area contributed by atoms with Crippen LogP contribution in [0.2, 0.25) is 0 Å². The van der Waals surface area contributed by atoms with Crippen LogP contribution in [0.4, 0.5) is 0 Å². The normalized spacial score (nSPS) is 18.9. The number of rotatable bonds is 3. The minimum absolute atomic E-state index is 0.0337. The van der Waals surface area contributed by atoms with E-state index in [2.05, 4.69) is 5.32 Å². The molecule has 2 amide bonds. The van der Waals surface area contributed by atoms with Gasteiger partial charge in [-0.25, -0.2) is 0 Å². The molecule has 1 atom stereocenters. The van der Waals surface area contributed by atoms with Crippen molar-refractivity contribution in [1.29, 1.82) is 0 Å². The summed E-state index contributed by atoms with van der Waals surface area (Å²) in [5, 5.41) is 2.24. The average molecular weight is 182 g/mol. The van der Waals surface area contributed by atoms with Gasteiger partial charge in [0, 0.05) is 17.7 Å². The van der Waals surface area contributed by atoms with Crippen molar-refractivity contribution in [1.82, 2.24) is 10.2 Å². The zero-order valence-electron chi connectivity index (χ0n) is 8.13. The molecule has 13 heavy (non-hydrogen) atoms. The van der Waals surface area contributed by atoms with Gasteiger partial charge in [0.25, 0.3) is 11.8 Å². The van der Waals surface area contributed by atoms with Gasteiger partial charge in [-0.1, -0.05) is 6.92 Å². The number of hydrogen-bond acceptors (Lipinski definition) is 3. The van der Waals surface area contributed by atoms with Crippen LogP contribution in [0.5, 0.6) is 0 Å². The van der Waals surface area contributed by atoms with Crippen molar-refractivity contribution in [3.8, 4) is 0 Å². The SMILES string of the molecule is CCC(C1=CC(=O)NC1=O)N(C)C. The smallest absolute Gasteiger partial charge is 0.255 e. The molecule has 1 rings (SSSR count). The summed E-state index contributed by atoms with van der Waals surface area (Å²) in [6, 6.07) is 0.0337. The first-order valence-electron chi connectivity index (χ1n) is 4.29. The standard InChI is InChI=1S/C9H14N2O2/c1-4-7(11(2)3)6-5-8(12)10-9(6)13/h5,7H,4H2,1-3H3,(H,10,12,13). The summed E-state index contributed by atoms with van der Waals surface area (Å²) in [4.78, 5) is 24.1. The third-order valence-electron chi connectivity index (χ3n) is 2.15. The molecule has 0 saturated carbocycles. The summed E-state index contributed by atoms with van der Waals surface area (Å²) in [5.41, 5.74) is 0.567. The first kappa shape index (κ1) is 9.92. The van der Waals surface area contributed by atoms with E-state index < -0.39 is 0 Å². The van der Waals surface area contributed by atoms with Crippen molar-refractivity contribution in [2.24, 2.45) is 0 Å². The van der Waals surface area contributed by atoms with E-state index in [4.69, 9.17) is 0 Å². The van der Waals surface area contributed by atoms with Crippen LogP contribution in [0.3, 0.4) is 0 Å². The quantitative estimate of drug-likeness (QED) is 0.620. The Labute approximate surface area is 77.6 Å². The van der Waals surface area contributed by atoms with Crippen LogP contribution in [0, 0.1) is 0 Å². The number of likely N-dealkylation sites (N-methyl/N-ethyl adjacent to an activating group) is 1. The lowest BCUT2D eigenvalue weighted by atomic mass is 10.0. The fourth-order valence-corrected chi connectivity index (χ4v) is 1.54. The molecule has 0 aliphatic carbocycles. The third kappa shape index (κ3) is 1.95. The van der Waals surface area contributed by atoms with Crippen LogP contribution in [0.1, 0.15) is 13.3 Å². The summed E-state index contributed by atoms with van der Waals surface area (Å²) in [5.74, 6) is -0.564. The molecule has 0 spiro atoms. The third-order valence-corrected chi connectivity index (χ3v) is 2.15. The van der Waals surface area contributed by atoms with Gasteiger partial charge in [0.1, 0.15) is 0 Å². The van der Waals surface area contributed by atoms with Crippen LogP contribution in [-0.4, -0.2) is 36.9 Å². The highest BCUT2D eigenvalue weighted by atomic mass is 16.2. The molecule has 0 aromatic heterocycles. The number of imide groups is 1. The van der Waals surface area contributed by atoms with Crippen molar-refractivity contribution >= 4 is 11.8 Å². The van der Waals surface area contributed by atoms with Gasteiger partial charge in [0.05, 0.1) is 0 Å². The number of nitrogens with one attached hydrogen (secondary N) is 1. The van der Waals surface area contributed by atoms with Crippen molar-refractivity contribution in [2.75, 3.05) is 14.1 Å². The maximum absolute atomic E-state index is 11.3. The monoisotopic (exact) mass is 182 g/mol. The molecule has 1 N–H and O–H groups in total. The molecule has 0 fully saturated rings. The Morgan fingerprint density at radius 1 is 1.46 bits per heavy atom. The zero-order valence-corrected chi connectivity index (χ0v) is 8.13. The molecule has 0 radical (unpaired) electrons. The predicted molar refractivity (Wildman–Crippen MR) is 49.0 cm³/mol. The molecule has 72 valence electrons. The van der Waals surface area contributed by atoms with Gasteiger partial charge in [0.2, 0.25) is 0 Å². The Hall–Kier alpha value is -1.16. The Morgan fingerprint density at radius 3 is 2.38 bits per heavy atom. The number of nitrogens with zero attached hydrogens (tertiary/aromatic N) is 1. The van der Waals surface area contributed by atoms with Gasteiger partial charge < -0.3 is 4.90 Å². The average Bonchev–Trinajstić information content (AvgIpc) is 2.31. The fraction of sp³-hybridized carbons (Fsp3) is 0.556. The second-order valence-electron chi connectivity index (χ2n) is 3.31. The van der Waals surface area contributed by atoms with Gasteiger partial charge in [-0.2, -0.15) is 0 Å². The minimum atomic E-state index is -0.305. The number of carbonyl (C=O) groups excluding carboxylic acids is 2. The molecule has 4 nitrogen and oxygen atoms in total. The highest BCUT2D eigenvalue weighted by Gasteiger charge is 2.27. The van der Waals surface area contributed by atoms with Crippen LogP contribution < -0.4 is 5.32 Å². The summed E-state index contributed by atoms with van der Waals surface area (Å²) in [6.45, 7) is 1.99. The second kappa shape index (κ2) is 3.70. The van der Waals surface area contributed by atoms with E-state index in [1.807, 2.05) is 25.9 Å². The topological polar surface area (TPSA) is 49.4 Å². The lowest BCUT2D eigenvalue weighted by Crippen LogP contribution is -2.34. The van der Waals surface area contributed by atoms with Gasteiger partial charge in [-0.15, -0.1) is 0 Å².